The fourth-order valence-electron chi connectivity index (χ4n) is 3.74. The Morgan fingerprint density at radius 1 is 1.29 bits per heavy atom. The minimum atomic E-state index is -0.175. The third-order valence-corrected chi connectivity index (χ3v) is 5.39. The average Bonchev–Trinajstić information content (AvgIpc) is 3.17. The average molecular weight is 379 g/mol. The van der Waals surface area contributed by atoms with Crippen LogP contribution in [0.3, 0.4) is 0 Å². The molecule has 8 heteroatoms. The summed E-state index contributed by atoms with van der Waals surface area (Å²) in [6, 6.07) is 9.19. The highest BCUT2D eigenvalue weighted by atomic mass is 16.5. The molecule has 1 aliphatic carbocycles. The Balaban J connectivity index is 1.39. The lowest BCUT2D eigenvalue weighted by Gasteiger charge is -2.20. The highest BCUT2D eigenvalue weighted by Gasteiger charge is 2.37. The van der Waals surface area contributed by atoms with Crippen LogP contribution in [0.25, 0.3) is 11.3 Å². The van der Waals surface area contributed by atoms with Gasteiger partial charge in [-0.1, -0.05) is 17.3 Å². The quantitative estimate of drug-likeness (QED) is 0.730. The van der Waals surface area contributed by atoms with E-state index in [1.807, 2.05) is 24.3 Å². The van der Waals surface area contributed by atoms with Gasteiger partial charge < -0.3 is 14.2 Å². The Hall–Kier alpha value is -3.16. The molecule has 8 nitrogen and oxygen atoms in total. The van der Waals surface area contributed by atoms with Gasteiger partial charge in [0, 0.05) is 18.0 Å². The van der Waals surface area contributed by atoms with Crippen molar-refractivity contribution in [3.63, 3.8) is 0 Å². The van der Waals surface area contributed by atoms with Crippen molar-refractivity contribution >= 4 is 5.91 Å². The maximum absolute atomic E-state index is 13.1. The topological polar surface area (TPSA) is 97.1 Å². The first-order valence-electron chi connectivity index (χ1n) is 9.58. The van der Waals surface area contributed by atoms with E-state index in [9.17, 15) is 4.79 Å². The number of benzene rings is 1. The molecule has 1 N–H and O–H groups in total. The predicted molar refractivity (Wildman–Crippen MR) is 99.9 cm³/mol. The molecular weight excluding hydrogens is 358 g/mol. The fraction of sp³-hybridized carbons (Fsp3) is 0.400. The largest absolute Gasteiger partial charge is 0.496 e. The van der Waals surface area contributed by atoms with E-state index in [4.69, 9.17) is 9.26 Å². The van der Waals surface area contributed by atoms with Crippen LogP contribution in [0, 0.1) is 0 Å². The van der Waals surface area contributed by atoms with Crippen molar-refractivity contribution in [2.75, 3.05) is 13.7 Å². The third kappa shape index (κ3) is 2.94. The number of ether oxygens (including phenoxy) is 1. The number of carbonyl (C=O) groups is 1. The number of hydrogen-bond acceptors (Lipinski definition) is 6. The van der Waals surface area contributed by atoms with Crippen LogP contribution in [0.2, 0.25) is 0 Å². The second-order valence-electron chi connectivity index (χ2n) is 7.29. The number of aromatic nitrogens is 4. The highest BCUT2D eigenvalue weighted by Crippen LogP contribution is 2.40. The molecule has 28 heavy (non-hydrogen) atoms. The lowest BCUT2D eigenvalue weighted by molar-refractivity contribution is 0.0704. The van der Waals surface area contributed by atoms with Crippen LogP contribution in [-0.2, 0) is 0 Å². The Morgan fingerprint density at radius 3 is 2.96 bits per heavy atom. The van der Waals surface area contributed by atoms with Crippen LogP contribution < -0.4 is 4.74 Å². The van der Waals surface area contributed by atoms with Gasteiger partial charge in [-0.25, -0.2) is 0 Å². The van der Waals surface area contributed by atoms with Gasteiger partial charge in [0.05, 0.1) is 12.8 Å². The zero-order valence-electron chi connectivity index (χ0n) is 15.6. The standard InChI is InChI=1S/C20H21N5O3/c1-27-17-7-3-2-5-13(17)14-11-15(23-22-14)20(26)25-10-4-6-16(25)19-21-18(24-28-19)12-8-9-12/h2-3,5,7,11-12,16H,4,6,8-10H2,1H3,(H,22,23). The molecule has 1 saturated heterocycles. The first kappa shape index (κ1) is 17.0. The van der Waals surface area contributed by atoms with Crippen LogP contribution >= 0.6 is 0 Å². The van der Waals surface area contributed by atoms with Gasteiger partial charge >= 0.3 is 0 Å². The van der Waals surface area contributed by atoms with Gasteiger partial charge in [-0.3, -0.25) is 9.89 Å². The van der Waals surface area contributed by atoms with E-state index in [-0.39, 0.29) is 11.9 Å². The molecule has 3 heterocycles. The molecule has 0 bridgehead atoms. The lowest BCUT2D eigenvalue weighted by atomic mass is 10.1. The maximum atomic E-state index is 13.1. The maximum Gasteiger partial charge on any atom is 0.272 e. The van der Waals surface area contributed by atoms with Gasteiger partial charge in [0.25, 0.3) is 5.91 Å². The molecule has 1 saturated carbocycles. The van der Waals surface area contributed by atoms with E-state index in [1.54, 1.807) is 18.1 Å². The second-order valence-corrected chi connectivity index (χ2v) is 7.29. The molecule has 0 radical (unpaired) electrons. The van der Waals surface area contributed by atoms with Gasteiger partial charge in [0.2, 0.25) is 5.89 Å². The van der Waals surface area contributed by atoms with Crippen LogP contribution in [0.5, 0.6) is 5.75 Å². The molecule has 0 spiro atoms. The molecule has 1 aromatic carbocycles. The highest BCUT2D eigenvalue weighted by molar-refractivity contribution is 5.94. The Kier molecular flexibility index (Phi) is 4.11. The summed E-state index contributed by atoms with van der Waals surface area (Å²) in [7, 11) is 1.62. The number of aromatic amines is 1. The monoisotopic (exact) mass is 379 g/mol. The van der Waals surface area contributed by atoms with Crippen molar-refractivity contribution in [2.45, 2.75) is 37.6 Å². The number of nitrogens with zero attached hydrogens (tertiary/aromatic N) is 4. The summed E-state index contributed by atoms with van der Waals surface area (Å²) in [6.07, 6.45) is 3.97. The Labute approximate surface area is 161 Å². The van der Waals surface area contributed by atoms with Crippen LogP contribution in [0.1, 0.15) is 59.8 Å². The summed E-state index contributed by atoms with van der Waals surface area (Å²) in [4.78, 5) is 19.5. The molecule has 5 rings (SSSR count). The van der Waals surface area contributed by atoms with Gasteiger partial charge in [-0.2, -0.15) is 10.1 Å². The van der Waals surface area contributed by atoms with Crippen LogP contribution in [0.15, 0.2) is 34.9 Å². The first-order valence-corrected chi connectivity index (χ1v) is 9.58. The third-order valence-electron chi connectivity index (χ3n) is 5.39. The fourth-order valence-corrected chi connectivity index (χ4v) is 3.74. The SMILES string of the molecule is COc1ccccc1-c1cc(C(=O)N2CCCC2c2nc(C3CC3)no2)[nH]n1. The van der Waals surface area contributed by atoms with E-state index in [2.05, 4.69) is 20.3 Å². The molecule has 1 unspecified atom stereocenters. The van der Waals surface area contributed by atoms with Crippen molar-refractivity contribution in [2.24, 2.45) is 0 Å². The first-order chi connectivity index (χ1) is 13.7. The van der Waals surface area contributed by atoms with Crippen LogP contribution in [-0.4, -0.2) is 44.8 Å². The summed E-state index contributed by atoms with van der Waals surface area (Å²) in [5.74, 6) is 2.35. The molecule has 1 amide bonds. The number of para-hydroxylation sites is 1. The molecule has 2 aliphatic rings. The Morgan fingerprint density at radius 2 is 2.14 bits per heavy atom. The number of carbonyl (C=O) groups excluding carboxylic acids is 1. The number of nitrogens with one attached hydrogen (secondary N) is 1. The minimum absolute atomic E-state index is 0.109. The zero-order valence-corrected chi connectivity index (χ0v) is 15.6. The van der Waals surface area contributed by atoms with Crippen LogP contribution in [0.4, 0.5) is 0 Å². The number of H-pyrrole nitrogens is 1. The molecule has 1 atom stereocenters. The predicted octanol–water partition coefficient (Wildman–Crippen LogP) is 3.32. The summed E-state index contributed by atoms with van der Waals surface area (Å²) < 4.78 is 10.9. The van der Waals surface area contributed by atoms with Crippen molar-refractivity contribution < 1.29 is 14.1 Å². The molecule has 144 valence electrons. The summed E-state index contributed by atoms with van der Waals surface area (Å²) >= 11 is 0. The number of hydrogen-bond donors (Lipinski definition) is 1. The minimum Gasteiger partial charge on any atom is -0.496 e. The Bertz CT molecular complexity index is 1010. The summed E-state index contributed by atoms with van der Waals surface area (Å²) in [6.45, 7) is 0.660. The van der Waals surface area contributed by atoms with Gasteiger partial charge in [-0.15, -0.1) is 0 Å². The number of likely N-dealkylation sites (tertiary alicyclic amines) is 1. The van der Waals surface area contributed by atoms with E-state index in [1.165, 1.54) is 0 Å². The zero-order chi connectivity index (χ0) is 19.1. The van der Waals surface area contributed by atoms with E-state index < -0.39 is 0 Å². The van der Waals surface area contributed by atoms with Crippen molar-refractivity contribution in [1.82, 2.24) is 25.2 Å². The van der Waals surface area contributed by atoms with E-state index in [0.717, 1.165) is 37.1 Å². The molecular formula is C20H21N5O3. The molecule has 2 fully saturated rings. The molecule has 2 aromatic heterocycles. The lowest BCUT2D eigenvalue weighted by Crippen LogP contribution is -2.31. The van der Waals surface area contributed by atoms with Gasteiger partial charge in [0.15, 0.2) is 5.82 Å². The smallest absolute Gasteiger partial charge is 0.272 e. The van der Waals surface area contributed by atoms with E-state index >= 15 is 0 Å². The van der Waals surface area contributed by atoms with Crippen molar-refractivity contribution in [3.05, 3.63) is 47.7 Å². The van der Waals surface area contributed by atoms with E-state index in [0.29, 0.717) is 35.5 Å². The number of rotatable bonds is 5. The van der Waals surface area contributed by atoms with Crippen molar-refractivity contribution in [3.8, 4) is 17.0 Å². The molecule has 3 aromatic rings. The van der Waals surface area contributed by atoms with Gasteiger partial charge in [0.1, 0.15) is 17.5 Å². The van der Waals surface area contributed by atoms with Gasteiger partial charge in [-0.05, 0) is 43.9 Å². The second kappa shape index (κ2) is 6.78. The van der Waals surface area contributed by atoms with Crippen molar-refractivity contribution in [1.29, 1.82) is 0 Å². The summed E-state index contributed by atoms with van der Waals surface area (Å²) in [5.41, 5.74) is 1.95. The number of amides is 1. The molecule has 1 aliphatic heterocycles. The summed E-state index contributed by atoms with van der Waals surface area (Å²) in [5, 5.41) is 11.3. The number of methoxy groups -OCH3 is 1. The normalized spacial score (nSPS) is 19.2.